The van der Waals surface area contributed by atoms with Crippen molar-refractivity contribution in [1.29, 1.82) is 0 Å². The third-order valence-electron chi connectivity index (χ3n) is 4.95. The average molecular weight is 384 g/mol. The minimum absolute atomic E-state index is 0.136. The van der Waals surface area contributed by atoms with Crippen molar-refractivity contribution in [3.8, 4) is 5.69 Å². The zero-order valence-electron chi connectivity index (χ0n) is 15.6. The first kappa shape index (κ1) is 17.9. The second-order valence-electron chi connectivity index (χ2n) is 7.21. The Morgan fingerprint density at radius 1 is 1.30 bits per heavy atom. The maximum Gasteiger partial charge on any atom is 0.255 e. The Hall–Kier alpha value is -2.53. The van der Waals surface area contributed by atoms with E-state index < -0.39 is 0 Å². The topological polar surface area (TPSA) is 60.1 Å². The standard InChI is InChI=1S/C21H22ClN3O2/c1-12-4-8-16(10-18(12)22)25-20(15-6-7-15)17(11-23-25)21(26)24-14(3)19-9-5-13(2)27-19/h4-5,8-11,14-15H,6-7H2,1-3H3,(H,24,26). The Morgan fingerprint density at radius 3 is 2.70 bits per heavy atom. The minimum atomic E-state index is -0.213. The second-order valence-corrected chi connectivity index (χ2v) is 7.61. The summed E-state index contributed by atoms with van der Waals surface area (Å²) >= 11 is 6.29. The molecule has 27 heavy (non-hydrogen) atoms. The van der Waals surface area contributed by atoms with E-state index in [2.05, 4.69) is 10.4 Å². The molecule has 0 saturated heterocycles. The van der Waals surface area contributed by atoms with Gasteiger partial charge in [0.25, 0.3) is 5.91 Å². The molecule has 1 aromatic carbocycles. The predicted octanol–water partition coefficient (Wildman–Crippen LogP) is 5.10. The fraction of sp³-hybridized carbons (Fsp3) is 0.333. The summed E-state index contributed by atoms with van der Waals surface area (Å²) in [5.41, 5.74) is 3.46. The van der Waals surface area contributed by atoms with Crippen LogP contribution in [0.25, 0.3) is 5.69 Å². The monoisotopic (exact) mass is 383 g/mol. The van der Waals surface area contributed by atoms with Crippen LogP contribution in [0.2, 0.25) is 5.02 Å². The Bertz CT molecular complexity index is 1000. The molecule has 1 unspecified atom stereocenters. The highest BCUT2D eigenvalue weighted by molar-refractivity contribution is 6.31. The first-order chi connectivity index (χ1) is 12.9. The molecule has 0 radical (unpaired) electrons. The average Bonchev–Trinajstić information content (AvgIpc) is 3.21. The van der Waals surface area contributed by atoms with Crippen LogP contribution in [0.4, 0.5) is 0 Å². The number of nitrogens with one attached hydrogen (secondary N) is 1. The van der Waals surface area contributed by atoms with Crippen LogP contribution >= 0.6 is 11.6 Å². The Balaban J connectivity index is 1.64. The highest BCUT2D eigenvalue weighted by atomic mass is 35.5. The number of furan rings is 1. The number of aryl methyl sites for hydroxylation is 2. The lowest BCUT2D eigenvalue weighted by atomic mass is 10.1. The summed E-state index contributed by atoms with van der Waals surface area (Å²) in [6.45, 7) is 5.77. The van der Waals surface area contributed by atoms with Crippen molar-refractivity contribution in [1.82, 2.24) is 15.1 Å². The SMILES string of the molecule is Cc1ccc(C(C)NC(=O)c2cnn(-c3ccc(C)c(Cl)c3)c2C2CC2)o1. The number of aromatic nitrogens is 2. The highest BCUT2D eigenvalue weighted by Gasteiger charge is 2.33. The lowest BCUT2D eigenvalue weighted by Crippen LogP contribution is -2.27. The molecule has 1 amide bonds. The fourth-order valence-corrected chi connectivity index (χ4v) is 3.41. The smallest absolute Gasteiger partial charge is 0.255 e. The molecule has 1 aliphatic rings. The molecule has 1 fully saturated rings. The molecule has 2 heterocycles. The third-order valence-corrected chi connectivity index (χ3v) is 5.36. The van der Waals surface area contributed by atoms with Crippen LogP contribution in [0.3, 0.4) is 0 Å². The molecule has 3 aromatic rings. The van der Waals surface area contributed by atoms with Crippen LogP contribution in [0.5, 0.6) is 0 Å². The van der Waals surface area contributed by atoms with Crippen LogP contribution < -0.4 is 5.32 Å². The quantitative estimate of drug-likeness (QED) is 0.666. The van der Waals surface area contributed by atoms with Crippen molar-refractivity contribution in [2.45, 2.75) is 45.6 Å². The summed E-state index contributed by atoms with van der Waals surface area (Å²) in [6, 6.07) is 9.42. The number of nitrogens with zero attached hydrogens (tertiary/aromatic N) is 2. The Kier molecular flexibility index (Phi) is 4.56. The third kappa shape index (κ3) is 3.52. The number of carbonyl (C=O) groups excluding carboxylic acids is 1. The first-order valence-electron chi connectivity index (χ1n) is 9.15. The normalized spacial score (nSPS) is 15.0. The largest absolute Gasteiger partial charge is 0.464 e. The van der Waals surface area contributed by atoms with Crippen molar-refractivity contribution in [2.75, 3.05) is 0 Å². The molecule has 4 rings (SSSR count). The van der Waals surface area contributed by atoms with E-state index >= 15 is 0 Å². The van der Waals surface area contributed by atoms with E-state index in [4.69, 9.17) is 16.0 Å². The van der Waals surface area contributed by atoms with Crippen LogP contribution in [-0.4, -0.2) is 15.7 Å². The lowest BCUT2D eigenvalue weighted by Gasteiger charge is -2.13. The van der Waals surface area contributed by atoms with E-state index in [0.29, 0.717) is 16.5 Å². The number of amides is 1. The summed E-state index contributed by atoms with van der Waals surface area (Å²) in [6.07, 6.45) is 3.79. The van der Waals surface area contributed by atoms with Crippen molar-refractivity contribution < 1.29 is 9.21 Å². The van der Waals surface area contributed by atoms with Gasteiger partial charge in [-0.1, -0.05) is 17.7 Å². The van der Waals surface area contributed by atoms with Gasteiger partial charge < -0.3 is 9.73 Å². The maximum absolute atomic E-state index is 12.9. The van der Waals surface area contributed by atoms with Crippen molar-refractivity contribution >= 4 is 17.5 Å². The molecule has 0 aliphatic heterocycles. The molecule has 0 spiro atoms. The van der Waals surface area contributed by atoms with E-state index in [1.165, 1.54) is 0 Å². The van der Waals surface area contributed by atoms with E-state index in [-0.39, 0.29) is 11.9 Å². The summed E-state index contributed by atoms with van der Waals surface area (Å²) in [5.74, 6) is 1.79. The van der Waals surface area contributed by atoms with Gasteiger partial charge in [-0.2, -0.15) is 5.10 Å². The number of carbonyl (C=O) groups is 1. The molecule has 5 nitrogen and oxygen atoms in total. The molecule has 6 heteroatoms. The van der Waals surface area contributed by atoms with E-state index in [9.17, 15) is 4.79 Å². The van der Waals surface area contributed by atoms with Gasteiger partial charge in [-0.15, -0.1) is 0 Å². The summed E-state index contributed by atoms with van der Waals surface area (Å²) in [4.78, 5) is 12.9. The van der Waals surface area contributed by atoms with Gasteiger partial charge in [0.15, 0.2) is 0 Å². The Labute approximate surface area is 163 Å². The van der Waals surface area contributed by atoms with E-state index in [0.717, 1.165) is 41.3 Å². The number of rotatable bonds is 5. The molecular weight excluding hydrogens is 362 g/mol. The van der Waals surface area contributed by atoms with Gasteiger partial charge >= 0.3 is 0 Å². The van der Waals surface area contributed by atoms with Gasteiger partial charge in [0.1, 0.15) is 11.5 Å². The maximum atomic E-state index is 12.9. The zero-order chi connectivity index (χ0) is 19.1. The lowest BCUT2D eigenvalue weighted by molar-refractivity contribution is 0.0934. The fourth-order valence-electron chi connectivity index (χ4n) is 3.23. The molecule has 1 aliphatic carbocycles. The molecule has 1 N–H and O–H groups in total. The number of benzene rings is 1. The van der Waals surface area contributed by atoms with Crippen molar-refractivity contribution in [2.24, 2.45) is 0 Å². The number of hydrogen-bond donors (Lipinski definition) is 1. The summed E-state index contributed by atoms with van der Waals surface area (Å²) < 4.78 is 7.47. The zero-order valence-corrected chi connectivity index (χ0v) is 16.4. The van der Waals surface area contributed by atoms with Crippen LogP contribution in [0.15, 0.2) is 40.9 Å². The van der Waals surface area contributed by atoms with Gasteiger partial charge in [-0.05, 0) is 63.4 Å². The van der Waals surface area contributed by atoms with Gasteiger partial charge in [0, 0.05) is 10.9 Å². The van der Waals surface area contributed by atoms with Crippen molar-refractivity contribution in [3.63, 3.8) is 0 Å². The van der Waals surface area contributed by atoms with E-state index in [1.54, 1.807) is 6.20 Å². The number of hydrogen-bond acceptors (Lipinski definition) is 3. The minimum Gasteiger partial charge on any atom is -0.464 e. The number of halogens is 1. The van der Waals surface area contributed by atoms with Gasteiger partial charge in [0.2, 0.25) is 0 Å². The summed E-state index contributed by atoms with van der Waals surface area (Å²) in [7, 11) is 0. The molecule has 1 atom stereocenters. The highest BCUT2D eigenvalue weighted by Crippen LogP contribution is 2.42. The van der Waals surface area contributed by atoms with E-state index in [1.807, 2.05) is 55.8 Å². The molecule has 1 saturated carbocycles. The van der Waals surface area contributed by atoms with Crippen LogP contribution in [0, 0.1) is 13.8 Å². The first-order valence-corrected chi connectivity index (χ1v) is 9.53. The predicted molar refractivity (Wildman–Crippen MR) is 105 cm³/mol. The second kappa shape index (κ2) is 6.89. The van der Waals surface area contributed by atoms with Crippen LogP contribution in [-0.2, 0) is 0 Å². The van der Waals surface area contributed by atoms with Gasteiger partial charge in [-0.3, -0.25) is 4.79 Å². The Morgan fingerprint density at radius 2 is 2.07 bits per heavy atom. The van der Waals surface area contributed by atoms with Gasteiger partial charge in [0.05, 0.1) is 29.2 Å². The molecule has 0 bridgehead atoms. The molecule has 2 aromatic heterocycles. The van der Waals surface area contributed by atoms with Gasteiger partial charge in [-0.25, -0.2) is 4.68 Å². The molecular formula is C21H22ClN3O2. The summed E-state index contributed by atoms with van der Waals surface area (Å²) in [5, 5.41) is 8.21. The molecule has 140 valence electrons. The van der Waals surface area contributed by atoms with Crippen LogP contribution in [0.1, 0.15) is 64.9 Å². The van der Waals surface area contributed by atoms with Crippen molar-refractivity contribution in [3.05, 3.63) is 69.9 Å².